The van der Waals surface area contributed by atoms with Gasteiger partial charge in [0, 0.05) is 13.0 Å². The molecule has 2 aromatic rings. The summed E-state index contributed by atoms with van der Waals surface area (Å²) in [6, 6.07) is 12.1. The number of fused-ring (bicyclic) bond motifs is 1. The molecule has 3 N–H and O–H groups in total. The lowest BCUT2D eigenvalue weighted by molar-refractivity contribution is -0.116. The molecule has 0 fully saturated rings. The van der Waals surface area contributed by atoms with Gasteiger partial charge in [-0.25, -0.2) is 0 Å². The first-order chi connectivity index (χ1) is 12.0. The molecule has 0 saturated heterocycles. The molecule has 128 valence electrons. The average Bonchev–Trinajstić information content (AvgIpc) is 2.83. The van der Waals surface area contributed by atoms with Crippen LogP contribution < -0.4 is 11.1 Å². The van der Waals surface area contributed by atoms with Crippen molar-refractivity contribution in [2.24, 2.45) is 0 Å². The van der Waals surface area contributed by atoms with Gasteiger partial charge >= 0.3 is 0 Å². The Hall–Kier alpha value is -3.15. The zero-order valence-electron chi connectivity index (χ0n) is 13.9. The molecule has 1 aliphatic heterocycles. The number of hydrogen-bond acceptors (Lipinski definition) is 4. The largest absolute Gasteiger partial charge is 0.397 e. The number of amides is 3. The Kier molecular flexibility index (Phi) is 4.52. The first-order valence-corrected chi connectivity index (χ1v) is 8.08. The fourth-order valence-corrected chi connectivity index (χ4v) is 2.85. The van der Waals surface area contributed by atoms with Crippen molar-refractivity contribution in [2.45, 2.75) is 19.8 Å². The minimum Gasteiger partial charge on any atom is -0.397 e. The van der Waals surface area contributed by atoms with Gasteiger partial charge in [-0.05, 0) is 43.2 Å². The highest BCUT2D eigenvalue weighted by molar-refractivity contribution is 6.21. The number of nitrogen functional groups attached to an aromatic ring is 1. The van der Waals surface area contributed by atoms with Crippen molar-refractivity contribution in [2.75, 3.05) is 17.6 Å². The van der Waals surface area contributed by atoms with E-state index in [2.05, 4.69) is 5.32 Å². The van der Waals surface area contributed by atoms with E-state index in [1.165, 1.54) is 4.90 Å². The van der Waals surface area contributed by atoms with Crippen LogP contribution in [0, 0.1) is 6.92 Å². The van der Waals surface area contributed by atoms with E-state index < -0.39 is 0 Å². The second-order valence-corrected chi connectivity index (χ2v) is 6.05. The number of imide groups is 1. The zero-order chi connectivity index (χ0) is 18.0. The number of aryl methyl sites for hydroxylation is 1. The first-order valence-electron chi connectivity index (χ1n) is 8.08. The van der Waals surface area contributed by atoms with E-state index in [-0.39, 0.29) is 30.7 Å². The molecular weight excluding hydrogens is 318 g/mol. The number of nitrogens with zero attached hydrogens (tertiary/aromatic N) is 1. The molecule has 6 nitrogen and oxygen atoms in total. The van der Waals surface area contributed by atoms with Crippen molar-refractivity contribution in [3.05, 3.63) is 59.2 Å². The van der Waals surface area contributed by atoms with Crippen LogP contribution in [0.2, 0.25) is 0 Å². The van der Waals surface area contributed by atoms with Crippen molar-refractivity contribution in [3.8, 4) is 0 Å². The van der Waals surface area contributed by atoms with Gasteiger partial charge in [0.2, 0.25) is 5.91 Å². The van der Waals surface area contributed by atoms with E-state index in [1.807, 2.05) is 13.0 Å². The van der Waals surface area contributed by atoms with E-state index in [0.29, 0.717) is 28.9 Å². The summed E-state index contributed by atoms with van der Waals surface area (Å²) in [6.07, 6.45) is 0.587. The number of carbonyl (C=O) groups is 3. The van der Waals surface area contributed by atoms with Crippen molar-refractivity contribution in [1.82, 2.24) is 4.90 Å². The van der Waals surface area contributed by atoms with Crippen LogP contribution in [0.5, 0.6) is 0 Å². The second kappa shape index (κ2) is 6.76. The van der Waals surface area contributed by atoms with Crippen LogP contribution in [0.15, 0.2) is 42.5 Å². The van der Waals surface area contributed by atoms with Crippen LogP contribution >= 0.6 is 0 Å². The molecule has 0 saturated carbocycles. The predicted molar refractivity (Wildman–Crippen MR) is 95.3 cm³/mol. The van der Waals surface area contributed by atoms with Crippen molar-refractivity contribution in [3.63, 3.8) is 0 Å². The molecule has 2 aromatic carbocycles. The molecule has 0 spiro atoms. The standard InChI is InChI=1S/C19H19N3O3/c1-12-8-9-16(15(20)11-12)21-17(23)7-4-10-22-18(24)13-5-2-3-6-14(13)19(22)25/h2-3,5-6,8-9,11H,4,7,10,20H2,1H3,(H,21,23). The molecule has 1 aliphatic rings. The maximum atomic E-state index is 12.2. The number of nitrogens with one attached hydrogen (secondary N) is 1. The Balaban J connectivity index is 1.54. The number of carbonyl (C=O) groups excluding carboxylic acids is 3. The van der Waals surface area contributed by atoms with Gasteiger partial charge in [-0.3, -0.25) is 19.3 Å². The predicted octanol–water partition coefficient (Wildman–Crippen LogP) is 2.59. The Morgan fingerprint density at radius 3 is 2.32 bits per heavy atom. The summed E-state index contributed by atoms with van der Waals surface area (Å²) < 4.78 is 0. The third-order valence-electron chi connectivity index (χ3n) is 4.14. The van der Waals surface area contributed by atoms with Crippen LogP contribution in [0.3, 0.4) is 0 Å². The van der Waals surface area contributed by atoms with Gasteiger partial charge in [0.15, 0.2) is 0 Å². The number of hydrogen-bond donors (Lipinski definition) is 2. The average molecular weight is 337 g/mol. The highest BCUT2D eigenvalue weighted by atomic mass is 16.2. The lowest BCUT2D eigenvalue weighted by atomic mass is 10.1. The van der Waals surface area contributed by atoms with Crippen LogP contribution in [0.4, 0.5) is 11.4 Å². The SMILES string of the molecule is Cc1ccc(NC(=O)CCCN2C(=O)c3ccccc3C2=O)c(N)c1. The maximum absolute atomic E-state index is 12.2. The van der Waals surface area contributed by atoms with Gasteiger partial charge < -0.3 is 11.1 Å². The third kappa shape index (κ3) is 3.38. The minimum atomic E-state index is -0.302. The fourth-order valence-electron chi connectivity index (χ4n) is 2.85. The lowest BCUT2D eigenvalue weighted by Crippen LogP contribution is -2.31. The lowest BCUT2D eigenvalue weighted by Gasteiger charge is -2.14. The summed E-state index contributed by atoms with van der Waals surface area (Å²) in [5.74, 6) is -0.806. The monoisotopic (exact) mass is 337 g/mol. The van der Waals surface area contributed by atoms with Crippen molar-refractivity contribution >= 4 is 29.1 Å². The van der Waals surface area contributed by atoms with Gasteiger partial charge in [0.25, 0.3) is 11.8 Å². The number of rotatable bonds is 5. The van der Waals surface area contributed by atoms with E-state index >= 15 is 0 Å². The molecule has 0 bridgehead atoms. The maximum Gasteiger partial charge on any atom is 0.261 e. The van der Waals surface area contributed by atoms with E-state index in [1.54, 1.807) is 36.4 Å². The summed E-state index contributed by atoms with van der Waals surface area (Å²) in [5, 5.41) is 2.75. The van der Waals surface area contributed by atoms with Crippen LogP contribution in [0.25, 0.3) is 0 Å². The fraction of sp³-hybridized carbons (Fsp3) is 0.211. The Labute approximate surface area is 145 Å². The summed E-state index contributed by atoms with van der Waals surface area (Å²) in [4.78, 5) is 37.7. The zero-order valence-corrected chi connectivity index (χ0v) is 13.9. The van der Waals surface area contributed by atoms with Gasteiger partial charge in [-0.15, -0.1) is 0 Å². The van der Waals surface area contributed by atoms with E-state index in [9.17, 15) is 14.4 Å². The van der Waals surface area contributed by atoms with Gasteiger partial charge in [-0.1, -0.05) is 18.2 Å². The summed E-state index contributed by atoms with van der Waals surface area (Å²) in [7, 11) is 0. The Morgan fingerprint density at radius 1 is 1.08 bits per heavy atom. The van der Waals surface area contributed by atoms with E-state index in [0.717, 1.165) is 5.56 Å². The van der Waals surface area contributed by atoms with E-state index in [4.69, 9.17) is 5.73 Å². The minimum absolute atomic E-state index is 0.195. The van der Waals surface area contributed by atoms with Crippen LogP contribution in [0.1, 0.15) is 39.1 Å². The van der Waals surface area contributed by atoms with Gasteiger partial charge in [0.05, 0.1) is 22.5 Å². The highest BCUT2D eigenvalue weighted by Gasteiger charge is 2.34. The molecule has 0 atom stereocenters. The molecule has 0 aromatic heterocycles. The first kappa shape index (κ1) is 16.7. The van der Waals surface area contributed by atoms with Crippen molar-refractivity contribution < 1.29 is 14.4 Å². The quantitative estimate of drug-likeness (QED) is 0.648. The normalized spacial score (nSPS) is 13.1. The number of benzene rings is 2. The molecule has 3 rings (SSSR count). The Morgan fingerprint density at radius 2 is 1.72 bits per heavy atom. The summed E-state index contributed by atoms with van der Waals surface area (Å²) in [6.45, 7) is 2.13. The molecule has 25 heavy (non-hydrogen) atoms. The summed E-state index contributed by atoms with van der Waals surface area (Å²) in [5.41, 5.74) is 8.80. The molecule has 0 unspecified atom stereocenters. The highest BCUT2D eigenvalue weighted by Crippen LogP contribution is 2.23. The molecule has 6 heteroatoms. The third-order valence-corrected chi connectivity index (χ3v) is 4.14. The Bertz CT molecular complexity index is 826. The molecular formula is C19H19N3O3. The number of nitrogens with two attached hydrogens (primary N) is 1. The molecule has 0 aliphatic carbocycles. The topological polar surface area (TPSA) is 92.5 Å². The molecule has 1 heterocycles. The second-order valence-electron chi connectivity index (χ2n) is 6.05. The van der Waals surface area contributed by atoms with Crippen LogP contribution in [-0.4, -0.2) is 29.2 Å². The van der Waals surface area contributed by atoms with Crippen molar-refractivity contribution in [1.29, 1.82) is 0 Å². The summed E-state index contributed by atoms with van der Waals surface area (Å²) >= 11 is 0. The van der Waals surface area contributed by atoms with Crippen LogP contribution in [-0.2, 0) is 4.79 Å². The smallest absolute Gasteiger partial charge is 0.261 e. The molecule has 3 amide bonds. The van der Waals surface area contributed by atoms with Gasteiger partial charge in [-0.2, -0.15) is 0 Å². The number of anilines is 2. The van der Waals surface area contributed by atoms with Gasteiger partial charge in [0.1, 0.15) is 0 Å². The molecule has 0 radical (unpaired) electrons.